The SMILES string of the molecule is Cc1cc(C(=O)Nc2ccc3c(c2)CCCC(=O)N3)nn1-c1ccccc1Cl. The zero-order valence-corrected chi connectivity index (χ0v) is 16.1. The maximum Gasteiger partial charge on any atom is 0.276 e. The summed E-state index contributed by atoms with van der Waals surface area (Å²) in [5.41, 5.74) is 4.33. The molecule has 1 aliphatic heterocycles. The van der Waals surface area contributed by atoms with Crippen molar-refractivity contribution in [3.63, 3.8) is 0 Å². The van der Waals surface area contributed by atoms with Crippen molar-refractivity contribution in [2.45, 2.75) is 26.2 Å². The molecular weight excluding hydrogens is 376 g/mol. The molecular formula is C21H19ClN4O2. The van der Waals surface area contributed by atoms with Gasteiger partial charge in [0, 0.05) is 23.5 Å². The van der Waals surface area contributed by atoms with E-state index in [1.54, 1.807) is 22.9 Å². The van der Waals surface area contributed by atoms with E-state index >= 15 is 0 Å². The average Bonchev–Trinajstić information content (AvgIpc) is 2.95. The highest BCUT2D eigenvalue weighted by Crippen LogP contribution is 2.26. The lowest BCUT2D eigenvalue weighted by Crippen LogP contribution is -2.14. The third kappa shape index (κ3) is 3.64. The third-order valence-electron chi connectivity index (χ3n) is 4.69. The van der Waals surface area contributed by atoms with Gasteiger partial charge in [-0.1, -0.05) is 23.7 Å². The second-order valence-corrected chi connectivity index (χ2v) is 7.17. The first-order chi connectivity index (χ1) is 13.5. The fourth-order valence-electron chi connectivity index (χ4n) is 3.30. The van der Waals surface area contributed by atoms with Crippen LogP contribution in [-0.2, 0) is 11.2 Å². The van der Waals surface area contributed by atoms with E-state index in [-0.39, 0.29) is 11.8 Å². The summed E-state index contributed by atoms with van der Waals surface area (Å²) in [5, 5.41) is 10.8. The van der Waals surface area contributed by atoms with E-state index in [9.17, 15) is 9.59 Å². The van der Waals surface area contributed by atoms with Gasteiger partial charge in [-0.2, -0.15) is 5.10 Å². The zero-order valence-electron chi connectivity index (χ0n) is 15.3. The van der Waals surface area contributed by atoms with E-state index < -0.39 is 0 Å². The van der Waals surface area contributed by atoms with Crippen molar-refractivity contribution in [1.82, 2.24) is 9.78 Å². The molecule has 6 nitrogen and oxygen atoms in total. The summed E-state index contributed by atoms with van der Waals surface area (Å²) in [4.78, 5) is 24.4. The Kier molecular flexibility index (Phi) is 4.88. The number of para-hydroxylation sites is 1. The minimum absolute atomic E-state index is 0.0242. The van der Waals surface area contributed by atoms with Crippen LogP contribution in [0.2, 0.25) is 5.02 Å². The van der Waals surface area contributed by atoms with Crippen LogP contribution in [0.1, 0.15) is 34.6 Å². The van der Waals surface area contributed by atoms with Crippen LogP contribution in [0.25, 0.3) is 5.69 Å². The molecule has 0 unspecified atom stereocenters. The van der Waals surface area contributed by atoms with Crippen LogP contribution in [-0.4, -0.2) is 21.6 Å². The molecule has 0 spiro atoms. The molecule has 3 aromatic rings. The van der Waals surface area contributed by atoms with Gasteiger partial charge in [0.05, 0.1) is 10.7 Å². The fourth-order valence-corrected chi connectivity index (χ4v) is 3.52. The van der Waals surface area contributed by atoms with Gasteiger partial charge < -0.3 is 10.6 Å². The predicted octanol–water partition coefficient (Wildman–Crippen LogP) is 4.36. The molecule has 0 saturated carbocycles. The first kappa shape index (κ1) is 18.3. The molecule has 0 radical (unpaired) electrons. The van der Waals surface area contributed by atoms with Gasteiger partial charge in [0.1, 0.15) is 0 Å². The molecule has 2 heterocycles. The second-order valence-electron chi connectivity index (χ2n) is 6.76. The number of anilines is 2. The number of nitrogens with one attached hydrogen (secondary N) is 2. The Morgan fingerprint density at radius 1 is 1.18 bits per heavy atom. The molecule has 7 heteroatoms. The lowest BCUT2D eigenvalue weighted by atomic mass is 10.1. The fraction of sp³-hybridized carbons (Fsp3) is 0.190. The van der Waals surface area contributed by atoms with Crippen LogP contribution >= 0.6 is 11.6 Å². The highest BCUT2D eigenvalue weighted by molar-refractivity contribution is 6.32. The van der Waals surface area contributed by atoms with E-state index in [0.717, 1.165) is 35.5 Å². The standard InChI is InChI=1S/C21H19ClN4O2/c1-13-11-18(25-26(13)19-7-3-2-6-16(19)22)21(28)23-15-9-10-17-14(12-15)5-4-8-20(27)24-17/h2-3,6-7,9-12H,4-5,8H2,1H3,(H,23,28)(H,24,27). The molecule has 1 aromatic heterocycles. The van der Waals surface area contributed by atoms with Gasteiger partial charge in [-0.05, 0) is 61.7 Å². The second kappa shape index (κ2) is 7.48. The monoisotopic (exact) mass is 394 g/mol. The van der Waals surface area contributed by atoms with Crippen molar-refractivity contribution in [3.05, 3.63) is 70.5 Å². The van der Waals surface area contributed by atoms with Crippen LogP contribution in [0.4, 0.5) is 11.4 Å². The molecule has 0 aliphatic carbocycles. The Labute approximate surface area is 167 Å². The molecule has 0 bridgehead atoms. The molecule has 28 heavy (non-hydrogen) atoms. The number of aromatic nitrogens is 2. The molecule has 1 aliphatic rings. The van der Waals surface area contributed by atoms with E-state index in [0.29, 0.717) is 22.8 Å². The smallest absolute Gasteiger partial charge is 0.276 e. The molecule has 0 saturated heterocycles. The number of nitrogens with zero attached hydrogens (tertiary/aromatic N) is 2. The summed E-state index contributed by atoms with van der Waals surface area (Å²) in [7, 11) is 0. The molecule has 2 amide bonds. The van der Waals surface area contributed by atoms with Crippen molar-refractivity contribution in [2.75, 3.05) is 10.6 Å². The highest BCUT2D eigenvalue weighted by atomic mass is 35.5. The summed E-state index contributed by atoms with van der Waals surface area (Å²) in [5.74, 6) is -0.275. The van der Waals surface area contributed by atoms with E-state index in [4.69, 9.17) is 11.6 Å². The maximum absolute atomic E-state index is 12.7. The first-order valence-electron chi connectivity index (χ1n) is 9.07. The average molecular weight is 395 g/mol. The number of rotatable bonds is 3. The largest absolute Gasteiger partial charge is 0.326 e. The first-order valence-corrected chi connectivity index (χ1v) is 9.45. The molecule has 0 fully saturated rings. The number of halogens is 1. The topological polar surface area (TPSA) is 76.0 Å². The van der Waals surface area contributed by atoms with Crippen LogP contribution < -0.4 is 10.6 Å². The van der Waals surface area contributed by atoms with Crippen LogP contribution in [0, 0.1) is 6.92 Å². The third-order valence-corrected chi connectivity index (χ3v) is 5.01. The van der Waals surface area contributed by atoms with Crippen molar-refractivity contribution in [1.29, 1.82) is 0 Å². The van der Waals surface area contributed by atoms with Crippen LogP contribution in [0.3, 0.4) is 0 Å². The molecule has 4 rings (SSSR count). The van der Waals surface area contributed by atoms with Crippen LogP contribution in [0.5, 0.6) is 0 Å². The van der Waals surface area contributed by atoms with Crippen molar-refractivity contribution in [3.8, 4) is 5.69 Å². The van der Waals surface area contributed by atoms with Gasteiger partial charge in [-0.15, -0.1) is 0 Å². The Balaban J connectivity index is 1.57. The number of aryl methyl sites for hydroxylation is 2. The zero-order chi connectivity index (χ0) is 19.7. The molecule has 142 valence electrons. The summed E-state index contributed by atoms with van der Waals surface area (Å²) >= 11 is 6.25. The summed E-state index contributed by atoms with van der Waals surface area (Å²) in [6.45, 7) is 1.87. The summed E-state index contributed by atoms with van der Waals surface area (Å²) in [6.07, 6.45) is 2.09. The Morgan fingerprint density at radius 2 is 2.00 bits per heavy atom. The van der Waals surface area contributed by atoms with Crippen LogP contribution in [0.15, 0.2) is 48.5 Å². The van der Waals surface area contributed by atoms with Gasteiger partial charge in [0.25, 0.3) is 5.91 Å². The Hall–Kier alpha value is -3.12. The predicted molar refractivity (Wildman–Crippen MR) is 109 cm³/mol. The Morgan fingerprint density at radius 3 is 2.82 bits per heavy atom. The number of carbonyl (C=O) groups excluding carboxylic acids is 2. The van der Waals surface area contributed by atoms with Gasteiger partial charge in [0.2, 0.25) is 5.91 Å². The summed E-state index contributed by atoms with van der Waals surface area (Å²) < 4.78 is 1.66. The normalized spacial score (nSPS) is 13.4. The molecule has 2 aromatic carbocycles. The minimum Gasteiger partial charge on any atom is -0.326 e. The van der Waals surface area contributed by atoms with Crippen molar-refractivity contribution in [2.24, 2.45) is 0 Å². The highest BCUT2D eigenvalue weighted by Gasteiger charge is 2.17. The van der Waals surface area contributed by atoms with Gasteiger partial charge in [-0.3, -0.25) is 9.59 Å². The van der Waals surface area contributed by atoms with E-state index in [1.807, 2.05) is 37.3 Å². The van der Waals surface area contributed by atoms with E-state index in [1.165, 1.54) is 0 Å². The number of fused-ring (bicyclic) bond motifs is 1. The lowest BCUT2D eigenvalue weighted by Gasteiger charge is -2.10. The van der Waals surface area contributed by atoms with Gasteiger partial charge in [0.15, 0.2) is 5.69 Å². The van der Waals surface area contributed by atoms with Crippen molar-refractivity contribution < 1.29 is 9.59 Å². The number of benzene rings is 2. The minimum atomic E-state index is -0.300. The number of hydrogen-bond acceptors (Lipinski definition) is 3. The van der Waals surface area contributed by atoms with Crippen molar-refractivity contribution >= 4 is 34.8 Å². The Bertz CT molecular complexity index is 1070. The number of hydrogen-bond donors (Lipinski definition) is 2. The summed E-state index contributed by atoms with van der Waals surface area (Å²) in [6, 6.07) is 14.6. The van der Waals surface area contributed by atoms with E-state index in [2.05, 4.69) is 15.7 Å². The number of amides is 2. The quantitative estimate of drug-likeness (QED) is 0.692. The van der Waals surface area contributed by atoms with Gasteiger partial charge >= 0.3 is 0 Å². The lowest BCUT2D eigenvalue weighted by molar-refractivity contribution is -0.116. The van der Waals surface area contributed by atoms with Gasteiger partial charge in [-0.25, -0.2) is 4.68 Å². The molecule has 2 N–H and O–H groups in total. The molecule has 0 atom stereocenters. The number of carbonyl (C=O) groups is 2. The maximum atomic E-state index is 12.7.